The van der Waals surface area contributed by atoms with Crippen LogP contribution in [0.1, 0.15) is 30.1 Å². The minimum Gasteiger partial charge on any atom is -0.508 e. The smallest absolute Gasteiger partial charge is 0.217 e. The number of rotatable bonds is 4. The molecule has 1 aliphatic rings. The molecule has 0 spiro atoms. The third-order valence-electron chi connectivity index (χ3n) is 3.55. The molecule has 0 atom stereocenters. The zero-order valence-corrected chi connectivity index (χ0v) is 11.6. The van der Waals surface area contributed by atoms with E-state index in [1.807, 2.05) is 0 Å². The van der Waals surface area contributed by atoms with Gasteiger partial charge < -0.3 is 10.4 Å². The highest BCUT2D eigenvalue weighted by Gasteiger charge is 2.21. The Balaban J connectivity index is 1.82. The normalized spacial score (nSPS) is 16.9. The van der Waals surface area contributed by atoms with Gasteiger partial charge >= 0.3 is 0 Å². The lowest BCUT2D eigenvalue weighted by molar-refractivity contribution is -0.119. The lowest BCUT2D eigenvalue weighted by Crippen LogP contribution is -2.45. The third kappa shape index (κ3) is 4.06. The Kier molecular flexibility index (Phi) is 4.74. The molecule has 5 heteroatoms. The molecule has 0 aliphatic carbocycles. The molecule has 0 aromatic heterocycles. The summed E-state index contributed by atoms with van der Waals surface area (Å²) in [6, 6.07) is 6.56. The zero-order chi connectivity index (χ0) is 14.5. The van der Waals surface area contributed by atoms with Crippen molar-refractivity contribution in [3.05, 3.63) is 29.8 Å². The Morgan fingerprint density at radius 2 is 1.85 bits per heavy atom. The summed E-state index contributed by atoms with van der Waals surface area (Å²) in [5.41, 5.74) is 0.617. The lowest BCUT2D eigenvalue weighted by Gasteiger charge is -2.31. The number of hydrogen-bond acceptors (Lipinski definition) is 4. The highest BCUT2D eigenvalue weighted by Crippen LogP contribution is 2.13. The maximum atomic E-state index is 12.1. The average molecular weight is 276 g/mol. The van der Waals surface area contributed by atoms with Crippen molar-refractivity contribution < 1.29 is 14.7 Å². The van der Waals surface area contributed by atoms with Crippen molar-refractivity contribution in [2.75, 3.05) is 19.6 Å². The summed E-state index contributed by atoms with van der Waals surface area (Å²) in [5.74, 6) is 0.226. The Morgan fingerprint density at radius 3 is 2.40 bits per heavy atom. The zero-order valence-electron chi connectivity index (χ0n) is 11.6. The van der Waals surface area contributed by atoms with E-state index in [9.17, 15) is 14.7 Å². The van der Waals surface area contributed by atoms with Crippen LogP contribution in [0.4, 0.5) is 0 Å². The van der Waals surface area contributed by atoms with Crippen molar-refractivity contribution in [3.8, 4) is 5.75 Å². The van der Waals surface area contributed by atoms with Gasteiger partial charge in [-0.25, -0.2) is 0 Å². The fourth-order valence-corrected chi connectivity index (χ4v) is 2.46. The molecular weight excluding hydrogens is 256 g/mol. The van der Waals surface area contributed by atoms with E-state index < -0.39 is 0 Å². The van der Waals surface area contributed by atoms with Gasteiger partial charge in [0, 0.05) is 31.6 Å². The molecule has 0 saturated carbocycles. The summed E-state index contributed by atoms with van der Waals surface area (Å²) in [6.45, 7) is 3.54. The summed E-state index contributed by atoms with van der Waals surface area (Å²) in [7, 11) is 0. The van der Waals surface area contributed by atoms with Crippen LogP contribution in [0.5, 0.6) is 5.75 Å². The first-order chi connectivity index (χ1) is 9.54. The fourth-order valence-electron chi connectivity index (χ4n) is 2.46. The summed E-state index contributed by atoms with van der Waals surface area (Å²) < 4.78 is 0. The van der Waals surface area contributed by atoms with Gasteiger partial charge in [-0.05, 0) is 37.1 Å². The topological polar surface area (TPSA) is 69.6 Å². The first kappa shape index (κ1) is 14.5. The third-order valence-corrected chi connectivity index (χ3v) is 3.55. The largest absolute Gasteiger partial charge is 0.508 e. The van der Waals surface area contributed by atoms with Crippen molar-refractivity contribution in [1.82, 2.24) is 10.2 Å². The minimum atomic E-state index is 0.00335. The molecule has 1 aliphatic heterocycles. The summed E-state index contributed by atoms with van der Waals surface area (Å²) in [4.78, 5) is 25.2. The average Bonchev–Trinajstić information content (AvgIpc) is 2.41. The van der Waals surface area contributed by atoms with E-state index in [2.05, 4.69) is 10.2 Å². The molecular formula is C15H20N2O3. The first-order valence-corrected chi connectivity index (χ1v) is 6.86. The van der Waals surface area contributed by atoms with Gasteiger partial charge in [0.05, 0.1) is 6.54 Å². The molecule has 2 rings (SSSR count). The quantitative estimate of drug-likeness (QED) is 0.810. The van der Waals surface area contributed by atoms with Crippen molar-refractivity contribution >= 4 is 11.7 Å². The molecule has 5 nitrogen and oxygen atoms in total. The minimum absolute atomic E-state index is 0.00335. The van der Waals surface area contributed by atoms with Crippen LogP contribution in [-0.2, 0) is 4.79 Å². The van der Waals surface area contributed by atoms with Gasteiger partial charge in [0.1, 0.15) is 5.75 Å². The highest BCUT2D eigenvalue weighted by atomic mass is 16.3. The number of nitrogens with zero attached hydrogens (tertiary/aromatic N) is 1. The molecule has 108 valence electrons. The number of carbonyl (C=O) groups excluding carboxylic acids is 2. The first-order valence-electron chi connectivity index (χ1n) is 6.86. The number of hydrogen-bond donors (Lipinski definition) is 2. The predicted molar refractivity (Wildman–Crippen MR) is 75.7 cm³/mol. The molecule has 1 fully saturated rings. The van der Waals surface area contributed by atoms with Crippen molar-refractivity contribution in [3.63, 3.8) is 0 Å². The van der Waals surface area contributed by atoms with Crippen LogP contribution in [0, 0.1) is 0 Å². The Hall–Kier alpha value is -1.88. The molecule has 0 bridgehead atoms. The van der Waals surface area contributed by atoms with Crippen LogP contribution >= 0.6 is 0 Å². The number of amides is 1. The number of carbonyl (C=O) groups is 2. The van der Waals surface area contributed by atoms with E-state index in [0.717, 1.165) is 25.9 Å². The molecule has 1 heterocycles. The van der Waals surface area contributed by atoms with Gasteiger partial charge in [-0.15, -0.1) is 0 Å². The van der Waals surface area contributed by atoms with E-state index in [4.69, 9.17) is 0 Å². The van der Waals surface area contributed by atoms with E-state index in [0.29, 0.717) is 12.1 Å². The summed E-state index contributed by atoms with van der Waals surface area (Å²) in [5, 5.41) is 12.1. The number of piperidine rings is 1. The molecule has 20 heavy (non-hydrogen) atoms. The van der Waals surface area contributed by atoms with Crippen LogP contribution in [0.2, 0.25) is 0 Å². The van der Waals surface area contributed by atoms with Crippen molar-refractivity contribution in [1.29, 1.82) is 0 Å². The van der Waals surface area contributed by atoms with Gasteiger partial charge in [0.25, 0.3) is 0 Å². The van der Waals surface area contributed by atoms with Crippen molar-refractivity contribution in [2.24, 2.45) is 0 Å². The second kappa shape index (κ2) is 6.52. The number of aromatic hydroxyl groups is 1. The second-order valence-electron chi connectivity index (χ2n) is 5.22. The Morgan fingerprint density at radius 1 is 1.25 bits per heavy atom. The number of ketones is 1. The SMILES string of the molecule is CC(=O)NC1CCN(CC(=O)c2ccc(O)cc2)CC1. The fraction of sp³-hybridized carbons (Fsp3) is 0.467. The van der Waals surface area contributed by atoms with E-state index in [1.54, 1.807) is 12.1 Å². The highest BCUT2D eigenvalue weighted by molar-refractivity contribution is 5.97. The standard InChI is InChI=1S/C15H20N2O3/c1-11(18)16-13-6-8-17(9-7-13)10-15(20)12-2-4-14(19)5-3-12/h2-5,13,19H,6-10H2,1H3,(H,16,18). The monoisotopic (exact) mass is 276 g/mol. The number of phenols is 1. The van der Waals surface area contributed by atoms with E-state index in [-0.39, 0.29) is 23.5 Å². The number of phenolic OH excluding ortho intramolecular Hbond substituents is 1. The van der Waals surface area contributed by atoms with Crippen molar-refractivity contribution in [2.45, 2.75) is 25.8 Å². The van der Waals surface area contributed by atoms with Gasteiger partial charge in [-0.2, -0.15) is 0 Å². The van der Waals surface area contributed by atoms with Gasteiger partial charge in [-0.3, -0.25) is 14.5 Å². The predicted octanol–water partition coefficient (Wildman–Crippen LogP) is 1.18. The van der Waals surface area contributed by atoms with Crippen LogP contribution in [-0.4, -0.2) is 47.4 Å². The molecule has 1 saturated heterocycles. The lowest BCUT2D eigenvalue weighted by atomic mass is 10.0. The maximum absolute atomic E-state index is 12.1. The molecule has 1 aromatic rings. The molecule has 0 radical (unpaired) electrons. The summed E-state index contributed by atoms with van der Waals surface area (Å²) >= 11 is 0. The van der Waals surface area contributed by atoms with Gasteiger partial charge in [0.2, 0.25) is 5.91 Å². The van der Waals surface area contributed by atoms with E-state index in [1.165, 1.54) is 19.1 Å². The second-order valence-corrected chi connectivity index (χ2v) is 5.22. The Labute approximate surface area is 118 Å². The number of nitrogens with one attached hydrogen (secondary N) is 1. The molecule has 0 unspecified atom stereocenters. The molecule has 2 N–H and O–H groups in total. The number of likely N-dealkylation sites (tertiary alicyclic amines) is 1. The van der Waals surface area contributed by atoms with Crippen LogP contribution in [0.25, 0.3) is 0 Å². The van der Waals surface area contributed by atoms with Crippen LogP contribution < -0.4 is 5.32 Å². The van der Waals surface area contributed by atoms with E-state index >= 15 is 0 Å². The van der Waals surface area contributed by atoms with Gasteiger partial charge in [-0.1, -0.05) is 0 Å². The maximum Gasteiger partial charge on any atom is 0.217 e. The number of benzene rings is 1. The van der Waals surface area contributed by atoms with Crippen LogP contribution in [0.3, 0.4) is 0 Å². The molecule has 1 amide bonds. The summed E-state index contributed by atoms with van der Waals surface area (Å²) in [6.07, 6.45) is 1.75. The number of Topliss-reactive ketones (excluding diaryl/α,β-unsaturated/α-hetero) is 1. The van der Waals surface area contributed by atoms with Crippen LogP contribution in [0.15, 0.2) is 24.3 Å². The molecule has 1 aromatic carbocycles. The Bertz CT molecular complexity index is 476. The van der Waals surface area contributed by atoms with Gasteiger partial charge in [0.15, 0.2) is 5.78 Å².